The van der Waals surface area contributed by atoms with Crippen molar-refractivity contribution >= 4 is 44.9 Å². The van der Waals surface area contributed by atoms with E-state index < -0.39 is 0 Å². The average molecular weight is 575 g/mol. The molecular weight excluding hydrogens is 546 g/mol. The number of aryl methyl sites for hydroxylation is 1. The fourth-order valence-electron chi connectivity index (χ4n) is 5.04. The van der Waals surface area contributed by atoms with Crippen molar-refractivity contribution in [3.63, 3.8) is 0 Å². The third-order valence-corrected chi connectivity index (χ3v) is 7.74. The number of pyridine rings is 1. The van der Waals surface area contributed by atoms with Crippen LogP contribution in [0.1, 0.15) is 41.1 Å². The van der Waals surface area contributed by atoms with Crippen LogP contribution in [-0.4, -0.2) is 32.0 Å². The minimum Gasteiger partial charge on any atom is -0.352 e. The van der Waals surface area contributed by atoms with Crippen molar-refractivity contribution in [2.75, 3.05) is 11.9 Å². The van der Waals surface area contributed by atoms with Gasteiger partial charge in [-0.2, -0.15) is 0 Å². The molecule has 188 valence electrons. The molecule has 2 unspecified atom stereocenters. The van der Waals surface area contributed by atoms with Gasteiger partial charge >= 0.3 is 0 Å². The number of thiocarbonyl (C=S) groups is 1. The van der Waals surface area contributed by atoms with Crippen LogP contribution >= 0.6 is 28.1 Å². The van der Waals surface area contributed by atoms with E-state index in [0.29, 0.717) is 18.1 Å². The average Bonchev–Trinajstić information content (AvgIpc) is 3.38. The van der Waals surface area contributed by atoms with E-state index in [1.54, 1.807) is 6.20 Å². The number of aromatic nitrogens is 2. The van der Waals surface area contributed by atoms with Gasteiger partial charge in [0.2, 0.25) is 5.91 Å². The lowest BCUT2D eigenvalue weighted by atomic mass is 9.96. The number of carbonyl (C=O) groups excluding carboxylic acids is 1. The van der Waals surface area contributed by atoms with E-state index in [1.165, 1.54) is 0 Å². The summed E-state index contributed by atoms with van der Waals surface area (Å²) < 4.78 is 3.29. The molecule has 6 nitrogen and oxygen atoms in total. The van der Waals surface area contributed by atoms with Gasteiger partial charge in [-0.1, -0.05) is 36.4 Å². The standard InChI is InChI=1S/C29H28BrN5OS/c1-19-18-22(20(2)35(19)25-14-7-6-12-23(25)30)28-27(24-13-8-9-16-31-24)33-29(37)34(28)17-15-26(36)32-21-10-4-3-5-11-21/h3-14,16,18,27-28H,15,17H2,1-2H3,(H,32,36)(H,33,37). The maximum atomic E-state index is 12.8. The van der Waals surface area contributed by atoms with Gasteiger partial charge in [-0.3, -0.25) is 9.78 Å². The van der Waals surface area contributed by atoms with Crippen LogP contribution in [0.4, 0.5) is 5.69 Å². The van der Waals surface area contributed by atoms with Gasteiger partial charge in [0.05, 0.1) is 23.5 Å². The van der Waals surface area contributed by atoms with Gasteiger partial charge in [-0.05, 0) is 90.0 Å². The second-order valence-electron chi connectivity index (χ2n) is 9.10. The Balaban J connectivity index is 1.49. The summed E-state index contributed by atoms with van der Waals surface area (Å²) in [6, 6.07) is 25.6. The number of hydrogen-bond acceptors (Lipinski definition) is 3. The van der Waals surface area contributed by atoms with Gasteiger partial charge in [-0.15, -0.1) is 0 Å². The van der Waals surface area contributed by atoms with Gasteiger partial charge < -0.3 is 20.1 Å². The van der Waals surface area contributed by atoms with Crippen LogP contribution in [0, 0.1) is 13.8 Å². The number of amides is 1. The van der Waals surface area contributed by atoms with E-state index in [1.807, 2.05) is 60.7 Å². The molecule has 4 aromatic rings. The summed E-state index contributed by atoms with van der Waals surface area (Å²) >= 11 is 9.53. The number of rotatable bonds is 7. The summed E-state index contributed by atoms with van der Waals surface area (Å²) in [6.07, 6.45) is 2.11. The molecular formula is C29H28BrN5OS. The Kier molecular flexibility index (Phi) is 7.39. The first kappa shape index (κ1) is 25.2. The van der Waals surface area contributed by atoms with Crippen molar-refractivity contribution in [1.82, 2.24) is 19.8 Å². The molecule has 0 bridgehead atoms. The fraction of sp³-hybridized carbons (Fsp3) is 0.207. The molecule has 8 heteroatoms. The van der Waals surface area contributed by atoms with Crippen molar-refractivity contribution < 1.29 is 4.79 Å². The predicted octanol–water partition coefficient (Wildman–Crippen LogP) is 6.25. The molecule has 0 aliphatic carbocycles. The van der Waals surface area contributed by atoms with Crippen LogP contribution in [0.3, 0.4) is 0 Å². The van der Waals surface area contributed by atoms with Gasteiger partial charge in [0.25, 0.3) is 0 Å². The van der Waals surface area contributed by atoms with Crippen LogP contribution in [0.25, 0.3) is 5.69 Å². The molecule has 0 radical (unpaired) electrons. The minimum absolute atomic E-state index is 0.0484. The molecule has 1 aliphatic heterocycles. The smallest absolute Gasteiger partial charge is 0.226 e. The summed E-state index contributed by atoms with van der Waals surface area (Å²) in [5, 5.41) is 7.10. The maximum Gasteiger partial charge on any atom is 0.226 e. The van der Waals surface area contributed by atoms with Crippen molar-refractivity contribution in [3.8, 4) is 5.69 Å². The second kappa shape index (κ2) is 10.9. The van der Waals surface area contributed by atoms with Gasteiger partial charge in [0.1, 0.15) is 0 Å². The molecule has 2 atom stereocenters. The van der Waals surface area contributed by atoms with Crippen molar-refractivity contribution in [1.29, 1.82) is 0 Å². The summed E-state index contributed by atoms with van der Waals surface area (Å²) in [5.74, 6) is -0.0484. The second-order valence-corrected chi connectivity index (χ2v) is 10.3. The van der Waals surface area contributed by atoms with E-state index in [0.717, 1.165) is 38.5 Å². The lowest BCUT2D eigenvalue weighted by molar-refractivity contribution is -0.116. The lowest BCUT2D eigenvalue weighted by Gasteiger charge is -2.28. The Morgan fingerprint density at radius 2 is 1.78 bits per heavy atom. The highest BCUT2D eigenvalue weighted by Crippen LogP contribution is 2.41. The van der Waals surface area contributed by atoms with Gasteiger partial charge in [-0.25, -0.2) is 0 Å². The van der Waals surface area contributed by atoms with Crippen molar-refractivity contribution in [2.45, 2.75) is 32.4 Å². The zero-order chi connectivity index (χ0) is 25.9. The molecule has 1 amide bonds. The SMILES string of the molecule is Cc1cc(C2C(c3ccccn3)NC(=S)N2CCC(=O)Nc2ccccc2)c(C)n1-c1ccccc1Br. The van der Waals surface area contributed by atoms with Crippen LogP contribution in [0.2, 0.25) is 0 Å². The first-order chi connectivity index (χ1) is 17.9. The largest absolute Gasteiger partial charge is 0.352 e. The molecule has 0 saturated carbocycles. The number of halogens is 1. The first-order valence-corrected chi connectivity index (χ1v) is 13.4. The zero-order valence-corrected chi connectivity index (χ0v) is 23.1. The van der Waals surface area contributed by atoms with E-state index in [-0.39, 0.29) is 18.0 Å². The molecule has 1 aliphatic rings. The van der Waals surface area contributed by atoms with E-state index in [2.05, 4.69) is 73.1 Å². The lowest BCUT2D eigenvalue weighted by Crippen LogP contribution is -2.32. The van der Waals surface area contributed by atoms with Crippen LogP contribution in [0.5, 0.6) is 0 Å². The molecule has 37 heavy (non-hydrogen) atoms. The number of benzene rings is 2. The third kappa shape index (κ3) is 5.17. The Morgan fingerprint density at radius 1 is 1.05 bits per heavy atom. The molecule has 2 N–H and O–H groups in total. The topological polar surface area (TPSA) is 62.2 Å². The highest BCUT2D eigenvalue weighted by Gasteiger charge is 2.41. The minimum atomic E-state index is -0.140. The van der Waals surface area contributed by atoms with Crippen LogP contribution in [0.15, 0.2) is 89.5 Å². The van der Waals surface area contributed by atoms with E-state index >= 15 is 0 Å². The van der Waals surface area contributed by atoms with E-state index in [4.69, 9.17) is 12.2 Å². The molecule has 3 heterocycles. The zero-order valence-electron chi connectivity index (χ0n) is 20.7. The molecule has 1 fully saturated rings. The molecule has 1 saturated heterocycles. The molecule has 2 aromatic heterocycles. The monoisotopic (exact) mass is 573 g/mol. The van der Waals surface area contributed by atoms with E-state index in [9.17, 15) is 4.79 Å². The Bertz CT molecular complexity index is 1420. The summed E-state index contributed by atoms with van der Waals surface area (Å²) in [5.41, 5.74) is 6.19. The first-order valence-electron chi connectivity index (χ1n) is 12.2. The number of hydrogen-bond donors (Lipinski definition) is 2. The molecule has 2 aromatic carbocycles. The van der Waals surface area contributed by atoms with Crippen molar-refractivity contribution in [2.24, 2.45) is 0 Å². The fourth-order valence-corrected chi connectivity index (χ4v) is 5.84. The molecule has 5 rings (SSSR count). The highest BCUT2D eigenvalue weighted by molar-refractivity contribution is 9.10. The highest BCUT2D eigenvalue weighted by atomic mass is 79.9. The third-order valence-electron chi connectivity index (χ3n) is 6.72. The number of anilines is 1. The van der Waals surface area contributed by atoms with Gasteiger partial charge in [0.15, 0.2) is 5.11 Å². The number of para-hydroxylation sites is 2. The van der Waals surface area contributed by atoms with Crippen LogP contribution in [-0.2, 0) is 4.79 Å². The molecule has 0 spiro atoms. The number of carbonyl (C=O) groups is 1. The summed E-state index contributed by atoms with van der Waals surface area (Å²) in [6.45, 7) is 4.74. The quantitative estimate of drug-likeness (QED) is 0.256. The Morgan fingerprint density at radius 3 is 2.51 bits per heavy atom. The maximum absolute atomic E-state index is 12.8. The summed E-state index contributed by atoms with van der Waals surface area (Å²) in [4.78, 5) is 19.6. The summed E-state index contributed by atoms with van der Waals surface area (Å²) in [7, 11) is 0. The Hall–Kier alpha value is -3.49. The Labute approximate surface area is 230 Å². The van der Waals surface area contributed by atoms with Crippen molar-refractivity contribution in [3.05, 3.63) is 112 Å². The van der Waals surface area contributed by atoms with Crippen LogP contribution < -0.4 is 10.6 Å². The predicted molar refractivity (Wildman–Crippen MR) is 155 cm³/mol. The number of nitrogens with zero attached hydrogens (tertiary/aromatic N) is 3. The van der Waals surface area contributed by atoms with Gasteiger partial charge in [0, 0.05) is 40.7 Å². The normalized spacial score (nSPS) is 17.1. The number of nitrogens with one attached hydrogen (secondary N) is 2.